The van der Waals surface area contributed by atoms with Gasteiger partial charge in [-0.05, 0) is 24.9 Å². The summed E-state index contributed by atoms with van der Waals surface area (Å²) in [6.07, 6.45) is 20.8. The number of carbonyl (C=O) groups is 3. The van der Waals surface area contributed by atoms with E-state index in [4.69, 9.17) is 5.73 Å². The van der Waals surface area contributed by atoms with E-state index in [2.05, 4.69) is 17.6 Å². The summed E-state index contributed by atoms with van der Waals surface area (Å²) in [4.78, 5) is 35.6. The molecule has 0 spiro atoms. The number of rotatable bonds is 25. The summed E-state index contributed by atoms with van der Waals surface area (Å²) >= 11 is 0. The van der Waals surface area contributed by atoms with E-state index in [1.165, 1.54) is 89.9 Å². The van der Waals surface area contributed by atoms with Crippen molar-refractivity contribution in [2.75, 3.05) is 6.54 Å². The number of carboxylic acids is 1. The van der Waals surface area contributed by atoms with E-state index in [-0.39, 0.29) is 12.8 Å². The average molecular weight is 532 g/mol. The lowest BCUT2D eigenvalue weighted by molar-refractivity contribution is -0.142. The number of hydrogen-bond donors (Lipinski definition) is 4. The van der Waals surface area contributed by atoms with Crippen LogP contribution < -0.4 is 16.4 Å². The first-order valence-electron chi connectivity index (χ1n) is 15.1. The summed E-state index contributed by atoms with van der Waals surface area (Å²) in [6, 6.07) is 7.48. The van der Waals surface area contributed by atoms with Gasteiger partial charge in [0.05, 0.1) is 0 Å². The number of nitrogens with one attached hydrogen (secondary N) is 2. The molecule has 0 radical (unpaired) electrons. The number of carboxylic acid groups (broad SMARTS) is 1. The van der Waals surface area contributed by atoms with E-state index in [0.717, 1.165) is 18.4 Å². The van der Waals surface area contributed by atoms with Crippen molar-refractivity contribution in [1.29, 1.82) is 0 Å². The van der Waals surface area contributed by atoms with Crippen molar-refractivity contribution in [3.8, 4) is 0 Å². The molecule has 1 aromatic rings. The highest BCUT2D eigenvalue weighted by atomic mass is 16.4. The highest BCUT2D eigenvalue weighted by Gasteiger charge is 2.26. The second-order valence-electron chi connectivity index (χ2n) is 10.5. The van der Waals surface area contributed by atoms with E-state index in [0.29, 0.717) is 6.54 Å². The van der Waals surface area contributed by atoms with Gasteiger partial charge in [-0.1, -0.05) is 134 Å². The molecule has 0 heterocycles. The minimum atomic E-state index is -1.18. The van der Waals surface area contributed by atoms with Crippen molar-refractivity contribution in [1.82, 2.24) is 10.6 Å². The number of aliphatic carboxylic acids is 1. The lowest BCUT2D eigenvalue weighted by atomic mass is 10.0. The van der Waals surface area contributed by atoms with Crippen LogP contribution in [0.15, 0.2) is 30.3 Å². The Hall–Kier alpha value is -2.41. The van der Waals surface area contributed by atoms with Crippen LogP contribution in [-0.4, -0.2) is 35.5 Å². The van der Waals surface area contributed by atoms with Crippen LogP contribution in [0.1, 0.15) is 134 Å². The average Bonchev–Trinajstić information content (AvgIpc) is 2.90. The van der Waals surface area contributed by atoms with E-state index in [1.54, 1.807) is 0 Å². The van der Waals surface area contributed by atoms with Gasteiger partial charge in [-0.15, -0.1) is 0 Å². The second-order valence-corrected chi connectivity index (χ2v) is 10.5. The van der Waals surface area contributed by atoms with Crippen LogP contribution in [0.3, 0.4) is 0 Å². The zero-order valence-electron chi connectivity index (χ0n) is 23.7. The fraction of sp³-hybridized carbons (Fsp3) is 0.710. The summed E-state index contributed by atoms with van der Waals surface area (Å²) in [6.45, 7) is 2.94. The maximum atomic E-state index is 13.0. The molecule has 2 amide bonds. The van der Waals surface area contributed by atoms with Crippen molar-refractivity contribution >= 4 is 17.8 Å². The van der Waals surface area contributed by atoms with Crippen molar-refractivity contribution < 1.29 is 19.5 Å². The van der Waals surface area contributed by atoms with Gasteiger partial charge >= 0.3 is 5.97 Å². The maximum absolute atomic E-state index is 13.0. The highest BCUT2D eigenvalue weighted by Crippen LogP contribution is 2.16. The minimum absolute atomic E-state index is 0.0307. The van der Waals surface area contributed by atoms with Gasteiger partial charge < -0.3 is 21.5 Å². The Morgan fingerprint density at radius 2 is 1.24 bits per heavy atom. The fourth-order valence-electron chi connectivity index (χ4n) is 4.73. The van der Waals surface area contributed by atoms with Crippen LogP contribution >= 0.6 is 0 Å². The molecule has 2 atom stereocenters. The van der Waals surface area contributed by atoms with Crippen molar-refractivity contribution in [3.63, 3.8) is 0 Å². The van der Waals surface area contributed by atoms with Crippen LogP contribution in [0, 0.1) is 0 Å². The number of hydrogen-bond acceptors (Lipinski definition) is 4. The Balaban J connectivity index is 2.22. The summed E-state index contributed by atoms with van der Waals surface area (Å²) in [7, 11) is 0. The Labute approximate surface area is 230 Å². The van der Waals surface area contributed by atoms with E-state index < -0.39 is 29.9 Å². The van der Waals surface area contributed by atoms with Crippen LogP contribution in [0.2, 0.25) is 0 Å². The third-order valence-corrected chi connectivity index (χ3v) is 7.07. The Kier molecular flexibility index (Phi) is 20.0. The predicted octanol–water partition coefficient (Wildman–Crippen LogP) is 6.41. The SMILES string of the molecule is CCCCCCCCCCCCCCCCCCN[C@H](C(=O)N[C@H](CCC(N)=O)C(=O)O)c1ccccc1. The Bertz CT molecular complexity index is 757. The van der Waals surface area contributed by atoms with E-state index >= 15 is 0 Å². The number of unbranched alkanes of at least 4 members (excludes halogenated alkanes) is 15. The predicted molar refractivity (Wildman–Crippen MR) is 155 cm³/mol. The smallest absolute Gasteiger partial charge is 0.326 e. The topological polar surface area (TPSA) is 122 Å². The number of benzene rings is 1. The Morgan fingerprint density at radius 1 is 0.763 bits per heavy atom. The molecule has 0 aliphatic heterocycles. The molecule has 38 heavy (non-hydrogen) atoms. The van der Waals surface area contributed by atoms with Gasteiger partial charge in [-0.25, -0.2) is 4.79 Å². The molecule has 0 saturated heterocycles. The van der Waals surface area contributed by atoms with Gasteiger partial charge in [0.25, 0.3) is 0 Å². The largest absolute Gasteiger partial charge is 0.480 e. The molecule has 7 heteroatoms. The molecule has 7 nitrogen and oxygen atoms in total. The summed E-state index contributed by atoms with van der Waals surface area (Å²) in [5.74, 6) is -2.18. The summed E-state index contributed by atoms with van der Waals surface area (Å²) < 4.78 is 0. The molecule has 0 unspecified atom stereocenters. The quantitative estimate of drug-likeness (QED) is 0.109. The van der Waals surface area contributed by atoms with Crippen LogP contribution in [0.5, 0.6) is 0 Å². The van der Waals surface area contributed by atoms with Gasteiger partial charge in [-0.3, -0.25) is 9.59 Å². The van der Waals surface area contributed by atoms with Gasteiger partial charge in [0.2, 0.25) is 11.8 Å². The zero-order chi connectivity index (χ0) is 27.8. The fourth-order valence-corrected chi connectivity index (χ4v) is 4.73. The first kappa shape index (κ1) is 33.6. The molecule has 0 bridgehead atoms. The third-order valence-electron chi connectivity index (χ3n) is 7.07. The van der Waals surface area contributed by atoms with Gasteiger partial charge in [0, 0.05) is 6.42 Å². The molecule has 0 fully saturated rings. The van der Waals surface area contributed by atoms with Gasteiger partial charge in [-0.2, -0.15) is 0 Å². The first-order valence-corrected chi connectivity index (χ1v) is 15.1. The number of carbonyl (C=O) groups excluding carboxylic acids is 2. The summed E-state index contributed by atoms with van der Waals surface area (Å²) in [5.41, 5.74) is 5.92. The Morgan fingerprint density at radius 3 is 1.68 bits per heavy atom. The lowest BCUT2D eigenvalue weighted by Crippen LogP contribution is -2.46. The van der Waals surface area contributed by atoms with Crippen LogP contribution in [0.25, 0.3) is 0 Å². The molecule has 216 valence electrons. The molecule has 1 aromatic carbocycles. The molecule has 1 rings (SSSR count). The molecule has 0 aromatic heterocycles. The zero-order valence-corrected chi connectivity index (χ0v) is 23.7. The standard InChI is InChI=1S/C31H53N3O4/c1-2-3-4-5-6-7-8-9-10-11-12-13-14-15-16-20-25-33-29(26-21-18-17-19-22-26)30(36)34-27(31(37)38)23-24-28(32)35/h17-19,21-22,27,29,33H,2-16,20,23-25H2,1H3,(H2,32,35)(H,34,36)(H,37,38)/t27-,29+/m1/s1. The lowest BCUT2D eigenvalue weighted by Gasteiger charge is -2.22. The molecular formula is C31H53N3O4. The minimum Gasteiger partial charge on any atom is -0.480 e. The van der Waals surface area contributed by atoms with E-state index in [9.17, 15) is 19.5 Å². The number of amides is 2. The first-order chi connectivity index (χ1) is 18.5. The van der Waals surface area contributed by atoms with Crippen molar-refractivity contribution in [3.05, 3.63) is 35.9 Å². The normalized spacial score (nSPS) is 12.7. The molecule has 0 saturated carbocycles. The van der Waals surface area contributed by atoms with Crippen molar-refractivity contribution in [2.45, 2.75) is 135 Å². The number of primary amides is 1. The van der Waals surface area contributed by atoms with Gasteiger partial charge in [0.1, 0.15) is 12.1 Å². The van der Waals surface area contributed by atoms with Crippen molar-refractivity contribution in [2.24, 2.45) is 5.73 Å². The van der Waals surface area contributed by atoms with Gasteiger partial charge in [0.15, 0.2) is 0 Å². The molecule has 0 aliphatic carbocycles. The maximum Gasteiger partial charge on any atom is 0.326 e. The highest BCUT2D eigenvalue weighted by molar-refractivity contribution is 5.88. The molecule has 0 aliphatic rings. The molecule has 5 N–H and O–H groups in total. The second kappa shape index (κ2) is 22.6. The van der Waals surface area contributed by atoms with Crippen LogP contribution in [0.4, 0.5) is 0 Å². The monoisotopic (exact) mass is 531 g/mol. The molecular weight excluding hydrogens is 478 g/mol. The van der Waals surface area contributed by atoms with E-state index in [1.807, 2.05) is 30.3 Å². The number of nitrogens with two attached hydrogens (primary N) is 1. The summed E-state index contributed by atoms with van der Waals surface area (Å²) in [5, 5.41) is 15.3. The van der Waals surface area contributed by atoms with Crippen LogP contribution in [-0.2, 0) is 14.4 Å². The third kappa shape index (κ3) is 17.2.